The number of amides is 1. The Hall–Kier alpha value is -3.63. The van der Waals surface area contributed by atoms with Gasteiger partial charge in [0.25, 0.3) is 0 Å². The molecule has 1 aromatic carbocycles. The molecule has 1 aliphatic carbocycles. The van der Waals surface area contributed by atoms with Gasteiger partial charge in [0.05, 0.1) is 18.3 Å². The van der Waals surface area contributed by atoms with E-state index in [-0.39, 0.29) is 17.9 Å². The van der Waals surface area contributed by atoms with E-state index in [1.54, 1.807) is 12.4 Å². The number of carbonyl (C=O) groups is 1. The summed E-state index contributed by atoms with van der Waals surface area (Å²) in [6.07, 6.45) is 5.64. The molecule has 1 aliphatic heterocycles. The van der Waals surface area contributed by atoms with E-state index in [1.165, 1.54) is 5.69 Å². The zero-order valence-corrected chi connectivity index (χ0v) is 18.9. The molecule has 0 bridgehead atoms. The van der Waals surface area contributed by atoms with Crippen LogP contribution in [0.5, 0.6) is 0 Å². The van der Waals surface area contributed by atoms with Crippen LogP contribution in [0.4, 0.5) is 17.3 Å². The number of anilines is 3. The summed E-state index contributed by atoms with van der Waals surface area (Å²) in [4.78, 5) is 23.4. The van der Waals surface area contributed by atoms with Gasteiger partial charge in [-0.25, -0.2) is 9.97 Å². The highest BCUT2D eigenvalue weighted by Gasteiger charge is 2.29. The first-order valence-corrected chi connectivity index (χ1v) is 11.4. The van der Waals surface area contributed by atoms with Gasteiger partial charge in [-0.2, -0.15) is 0 Å². The summed E-state index contributed by atoms with van der Waals surface area (Å²) in [5, 5.41) is 7.79. The van der Waals surface area contributed by atoms with Crippen LogP contribution in [0.3, 0.4) is 0 Å². The fourth-order valence-corrected chi connectivity index (χ4v) is 4.02. The predicted molar refractivity (Wildman–Crippen MR) is 130 cm³/mol. The van der Waals surface area contributed by atoms with Crippen molar-refractivity contribution in [1.29, 1.82) is 0 Å². The van der Waals surface area contributed by atoms with Crippen molar-refractivity contribution in [3.8, 4) is 11.8 Å². The van der Waals surface area contributed by atoms with Crippen molar-refractivity contribution in [3.05, 3.63) is 53.9 Å². The number of pyridine rings is 2. The fraction of sp³-hybridized carbons (Fsp3) is 0.346. The molecule has 2 aliphatic rings. The number of nitrogens with one attached hydrogen (secondary N) is 2. The van der Waals surface area contributed by atoms with Gasteiger partial charge in [-0.15, -0.1) is 0 Å². The maximum absolute atomic E-state index is 12.2. The smallest absolute Gasteiger partial charge is 0.228 e. The summed E-state index contributed by atoms with van der Waals surface area (Å²) in [6.45, 7) is 4.65. The minimum absolute atomic E-state index is 0.0344. The van der Waals surface area contributed by atoms with Crippen molar-refractivity contribution in [3.63, 3.8) is 0 Å². The Kier molecular flexibility index (Phi) is 5.84. The molecule has 2 fully saturated rings. The summed E-state index contributed by atoms with van der Waals surface area (Å²) >= 11 is 0. The molecule has 1 amide bonds. The zero-order valence-electron chi connectivity index (χ0n) is 18.9. The Balaban J connectivity index is 1.42. The van der Waals surface area contributed by atoms with Crippen LogP contribution in [0, 0.1) is 17.8 Å². The van der Waals surface area contributed by atoms with Crippen molar-refractivity contribution in [2.45, 2.75) is 25.9 Å². The van der Waals surface area contributed by atoms with E-state index < -0.39 is 0 Å². The van der Waals surface area contributed by atoms with Gasteiger partial charge in [0.2, 0.25) is 5.91 Å². The van der Waals surface area contributed by atoms with Crippen molar-refractivity contribution in [1.82, 2.24) is 9.97 Å². The molecule has 0 unspecified atom stereocenters. The highest BCUT2D eigenvalue weighted by atomic mass is 16.5. The summed E-state index contributed by atoms with van der Waals surface area (Å²) < 4.78 is 5.63. The van der Waals surface area contributed by atoms with Crippen molar-refractivity contribution >= 4 is 34.0 Å². The number of benzene rings is 1. The Morgan fingerprint density at radius 2 is 1.94 bits per heavy atom. The van der Waals surface area contributed by atoms with Crippen LogP contribution in [0.25, 0.3) is 10.8 Å². The molecule has 2 aromatic heterocycles. The van der Waals surface area contributed by atoms with Gasteiger partial charge in [-0.05, 0) is 50.1 Å². The number of fused-ring (bicyclic) bond motifs is 1. The van der Waals surface area contributed by atoms with Gasteiger partial charge >= 0.3 is 0 Å². The van der Waals surface area contributed by atoms with E-state index in [9.17, 15) is 4.79 Å². The molecule has 1 saturated carbocycles. The maximum atomic E-state index is 12.2. The molecule has 33 heavy (non-hydrogen) atoms. The van der Waals surface area contributed by atoms with E-state index in [0.717, 1.165) is 60.3 Å². The number of ether oxygens (including phenoxy) is 1. The third kappa shape index (κ3) is 4.76. The normalized spacial score (nSPS) is 17.9. The largest absolute Gasteiger partial charge is 0.375 e. The van der Waals surface area contributed by atoms with Gasteiger partial charge in [-0.1, -0.05) is 11.8 Å². The minimum atomic E-state index is 0.0344. The maximum Gasteiger partial charge on any atom is 0.228 e. The molecule has 0 spiro atoms. The average Bonchev–Trinajstić information content (AvgIpc) is 3.68. The lowest BCUT2D eigenvalue weighted by molar-refractivity contribution is -0.117. The first kappa shape index (κ1) is 21.2. The van der Waals surface area contributed by atoms with E-state index in [4.69, 9.17) is 4.74 Å². The monoisotopic (exact) mass is 441 g/mol. The summed E-state index contributed by atoms with van der Waals surface area (Å²) in [6, 6.07) is 10.2. The lowest BCUT2D eigenvalue weighted by atomic mass is 10.1. The minimum Gasteiger partial charge on any atom is -0.375 e. The van der Waals surface area contributed by atoms with Crippen LogP contribution in [-0.4, -0.2) is 48.7 Å². The van der Waals surface area contributed by atoms with Crippen molar-refractivity contribution < 1.29 is 9.53 Å². The molecule has 5 rings (SSSR count). The standard InChI is InChI=1S/C26H27N5O2/c1-17-16-31(11-12-33-17)21-9-4-18(5-10-21)3-6-20-14-29-25(27-2)23-15-28-24(13-22(20)23)30-26(32)19-7-8-19/h4-5,9-10,13-15,17,19H,7-8,11-12,16H2,1-2H3,(H,27,29)(H,28,30,32)/t17-/m0/s1. The van der Waals surface area contributed by atoms with Gasteiger partial charge in [0.15, 0.2) is 0 Å². The highest BCUT2D eigenvalue weighted by Crippen LogP contribution is 2.31. The second kappa shape index (κ2) is 9.08. The summed E-state index contributed by atoms with van der Waals surface area (Å²) in [5.41, 5.74) is 2.91. The molecule has 1 atom stereocenters. The van der Waals surface area contributed by atoms with Crippen LogP contribution in [0.15, 0.2) is 42.7 Å². The van der Waals surface area contributed by atoms with Crippen LogP contribution in [0.2, 0.25) is 0 Å². The Morgan fingerprint density at radius 3 is 2.67 bits per heavy atom. The Labute approximate surface area is 193 Å². The second-order valence-corrected chi connectivity index (χ2v) is 8.57. The molecule has 168 valence electrons. The Bertz CT molecular complexity index is 1240. The highest BCUT2D eigenvalue weighted by molar-refractivity contribution is 5.99. The quantitative estimate of drug-likeness (QED) is 0.602. The topological polar surface area (TPSA) is 79.4 Å². The fourth-order valence-electron chi connectivity index (χ4n) is 4.02. The summed E-state index contributed by atoms with van der Waals surface area (Å²) in [5.74, 6) is 7.94. The average molecular weight is 442 g/mol. The molecular weight excluding hydrogens is 414 g/mol. The zero-order chi connectivity index (χ0) is 22.8. The first-order valence-electron chi connectivity index (χ1n) is 11.4. The lowest BCUT2D eigenvalue weighted by Gasteiger charge is -2.32. The van der Waals surface area contributed by atoms with Crippen LogP contribution < -0.4 is 15.5 Å². The van der Waals surface area contributed by atoms with E-state index >= 15 is 0 Å². The predicted octanol–water partition coefficient (Wildman–Crippen LogP) is 3.64. The van der Waals surface area contributed by atoms with Gasteiger partial charge in [0.1, 0.15) is 11.6 Å². The molecule has 7 heteroatoms. The molecule has 1 saturated heterocycles. The van der Waals surface area contributed by atoms with Crippen LogP contribution in [-0.2, 0) is 9.53 Å². The van der Waals surface area contributed by atoms with Gasteiger partial charge < -0.3 is 20.3 Å². The van der Waals surface area contributed by atoms with Crippen molar-refractivity contribution in [2.24, 2.45) is 5.92 Å². The number of nitrogens with zero attached hydrogens (tertiary/aromatic N) is 3. The number of morpholine rings is 1. The van der Waals surface area contributed by atoms with Crippen molar-refractivity contribution in [2.75, 3.05) is 42.3 Å². The van der Waals surface area contributed by atoms with Gasteiger partial charge in [-0.3, -0.25) is 4.79 Å². The molecule has 3 aromatic rings. The third-order valence-corrected chi connectivity index (χ3v) is 6.02. The SMILES string of the molecule is CNc1ncc(C#Cc2ccc(N3CCO[C@@H](C)C3)cc2)c2cc(NC(=O)C3CC3)ncc12. The Morgan fingerprint density at radius 1 is 1.12 bits per heavy atom. The number of carbonyl (C=O) groups excluding carboxylic acids is 1. The lowest BCUT2D eigenvalue weighted by Crippen LogP contribution is -2.41. The van der Waals surface area contributed by atoms with E-state index in [2.05, 4.69) is 56.4 Å². The number of rotatable bonds is 4. The van der Waals surface area contributed by atoms with E-state index in [0.29, 0.717) is 5.82 Å². The van der Waals surface area contributed by atoms with E-state index in [1.807, 2.05) is 25.2 Å². The number of hydrogen-bond acceptors (Lipinski definition) is 6. The molecule has 3 heterocycles. The molecule has 2 N–H and O–H groups in total. The van der Waals surface area contributed by atoms with Gasteiger partial charge in [0, 0.05) is 60.5 Å². The molecule has 7 nitrogen and oxygen atoms in total. The molecule has 0 radical (unpaired) electrons. The third-order valence-electron chi connectivity index (χ3n) is 6.02. The second-order valence-electron chi connectivity index (χ2n) is 8.57. The summed E-state index contributed by atoms with van der Waals surface area (Å²) in [7, 11) is 1.83. The van der Waals surface area contributed by atoms with Crippen LogP contribution in [0.1, 0.15) is 30.9 Å². The first-order chi connectivity index (χ1) is 16.1. The number of aromatic nitrogens is 2. The molecular formula is C26H27N5O2. The number of hydrogen-bond donors (Lipinski definition) is 2. The van der Waals surface area contributed by atoms with Crippen LogP contribution >= 0.6 is 0 Å².